The van der Waals surface area contributed by atoms with E-state index in [4.69, 9.17) is 4.42 Å². The van der Waals surface area contributed by atoms with E-state index in [1.54, 1.807) is 23.2 Å². The van der Waals surface area contributed by atoms with Crippen molar-refractivity contribution in [1.82, 2.24) is 4.98 Å². The maximum Gasteiger partial charge on any atom is 0.250 e. The number of hydrogen-bond acceptors (Lipinski definition) is 2. The van der Waals surface area contributed by atoms with Gasteiger partial charge in [-0.3, -0.25) is 0 Å². The number of piperazine rings is 1. The van der Waals surface area contributed by atoms with Crippen molar-refractivity contribution in [3.05, 3.63) is 84.1 Å². The molecule has 4 nitrogen and oxygen atoms in total. The third-order valence-corrected chi connectivity index (χ3v) is 5.26. The second-order valence-corrected chi connectivity index (χ2v) is 7.32. The molecule has 3 aromatic rings. The van der Waals surface area contributed by atoms with Crippen LogP contribution in [0.2, 0.25) is 0 Å². The van der Waals surface area contributed by atoms with Crippen molar-refractivity contribution in [3.8, 4) is 11.3 Å². The lowest BCUT2D eigenvalue weighted by Crippen LogP contribution is -3.27. The number of hydrogen-bond donors (Lipinski definition) is 2. The summed E-state index contributed by atoms with van der Waals surface area (Å²) in [7, 11) is 0. The summed E-state index contributed by atoms with van der Waals surface area (Å²) in [5, 5.41) is 0. The smallest absolute Gasteiger partial charge is 0.250 e. The van der Waals surface area contributed by atoms with E-state index in [0.29, 0.717) is 5.76 Å². The van der Waals surface area contributed by atoms with E-state index >= 15 is 0 Å². The van der Waals surface area contributed by atoms with Crippen LogP contribution in [-0.2, 0) is 6.54 Å². The molecular weight excluding hydrogens is 353 g/mol. The van der Waals surface area contributed by atoms with Crippen molar-refractivity contribution in [2.75, 3.05) is 32.7 Å². The monoisotopic (exact) mass is 379 g/mol. The van der Waals surface area contributed by atoms with Crippen LogP contribution >= 0.6 is 0 Å². The number of aromatic nitrogens is 1. The lowest BCUT2D eigenvalue weighted by molar-refractivity contribution is -1.02. The van der Waals surface area contributed by atoms with Crippen LogP contribution in [0.25, 0.3) is 17.4 Å². The summed E-state index contributed by atoms with van der Waals surface area (Å²) < 4.78 is 18.9. The first kappa shape index (κ1) is 18.6. The SMILES string of the molecule is Fc1ccc(-c2cnc(C[NH+]3CC[NH+](C/C=C/c4ccccc4)CC3)o2)cc1. The Morgan fingerprint density at radius 3 is 2.39 bits per heavy atom. The van der Waals surface area contributed by atoms with E-state index in [-0.39, 0.29) is 5.82 Å². The van der Waals surface area contributed by atoms with Crippen molar-refractivity contribution >= 4 is 6.08 Å². The Balaban J connectivity index is 1.24. The molecule has 2 aromatic carbocycles. The minimum atomic E-state index is -0.244. The standard InChI is InChI=1S/C23H24FN3O/c24-21-10-8-20(9-11-21)22-17-25-23(28-22)18-27-15-13-26(14-16-27)12-4-7-19-5-2-1-3-6-19/h1-11,17H,12-16,18H2/p+2/b7-4+. The van der Waals surface area contributed by atoms with Gasteiger partial charge in [0.2, 0.25) is 0 Å². The molecule has 0 spiro atoms. The van der Waals surface area contributed by atoms with Crippen molar-refractivity contribution in [2.24, 2.45) is 0 Å². The number of benzene rings is 2. The quantitative estimate of drug-likeness (QED) is 0.681. The fraction of sp³-hybridized carbons (Fsp3) is 0.261. The Hall–Kier alpha value is -2.76. The van der Waals surface area contributed by atoms with E-state index in [0.717, 1.165) is 50.7 Å². The van der Waals surface area contributed by atoms with E-state index in [1.807, 2.05) is 6.07 Å². The van der Waals surface area contributed by atoms with Gasteiger partial charge >= 0.3 is 0 Å². The number of nitrogens with zero attached hydrogens (tertiary/aromatic N) is 1. The minimum absolute atomic E-state index is 0.244. The topological polar surface area (TPSA) is 34.9 Å². The number of quaternary nitrogens is 2. The van der Waals surface area contributed by atoms with Crippen LogP contribution in [-0.4, -0.2) is 37.7 Å². The molecule has 1 aromatic heterocycles. The first-order chi connectivity index (χ1) is 13.8. The molecule has 1 aliphatic rings. The molecule has 0 bridgehead atoms. The van der Waals surface area contributed by atoms with Gasteiger partial charge < -0.3 is 14.2 Å². The Bertz CT molecular complexity index is 897. The van der Waals surface area contributed by atoms with Crippen molar-refractivity contribution in [2.45, 2.75) is 6.54 Å². The first-order valence-corrected chi connectivity index (χ1v) is 9.85. The van der Waals surface area contributed by atoms with Crippen molar-refractivity contribution in [1.29, 1.82) is 0 Å². The zero-order valence-electron chi connectivity index (χ0n) is 15.9. The number of halogens is 1. The average molecular weight is 379 g/mol. The van der Waals surface area contributed by atoms with Gasteiger partial charge in [0, 0.05) is 5.56 Å². The normalized spacial score (nSPS) is 19.9. The summed E-state index contributed by atoms with van der Waals surface area (Å²) in [6.45, 7) is 6.40. The van der Waals surface area contributed by atoms with Gasteiger partial charge in [-0.15, -0.1) is 0 Å². The fourth-order valence-corrected chi connectivity index (χ4v) is 3.62. The van der Waals surface area contributed by atoms with Gasteiger partial charge in [-0.2, -0.15) is 0 Å². The van der Waals surface area contributed by atoms with E-state index in [2.05, 4.69) is 41.4 Å². The lowest BCUT2D eigenvalue weighted by atomic mass is 10.2. The summed E-state index contributed by atoms with van der Waals surface area (Å²) in [5.41, 5.74) is 2.11. The molecule has 4 rings (SSSR count). The molecule has 0 radical (unpaired) electrons. The molecule has 28 heavy (non-hydrogen) atoms. The van der Waals surface area contributed by atoms with Crippen LogP contribution in [0.1, 0.15) is 11.5 Å². The van der Waals surface area contributed by atoms with Gasteiger partial charge in [0.15, 0.2) is 12.3 Å². The molecule has 2 N–H and O–H groups in total. The molecule has 5 heteroatoms. The van der Waals surface area contributed by atoms with Crippen LogP contribution in [0, 0.1) is 5.82 Å². The maximum atomic E-state index is 13.1. The second-order valence-electron chi connectivity index (χ2n) is 7.32. The van der Waals surface area contributed by atoms with Crippen LogP contribution in [0.3, 0.4) is 0 Å². The molecule has 144 valence electrons. The number of nitrogens with one attached hydrogen (secondary N) is 2. The van der Waals surface area contributed by atoms with Gasteiger partial charge in [-0.25, -0.2) is 9.37 Å². The van der Waals surface area contributed by atoms with Crippen LogP contribution < -0.4 is 9.80 Å². The fourth-order valence-electron chi connectivity index (χ4n) is 3.62. The molecule has 0 unspecified atom stereocenters. The van der Waals surface area contributed by atoms with Crippen LogP contribution in [0.4, 0.5) is 4.39 Å². The zero-order valence-corrected chi connectivity index (χ0v) is 15.9. The molecular formula is C23H26FN3O+2. The summed E-state index contributed by atoms with van der Waals surface area (Å²) in [6.07, 6.45) is 6.21. The Morgan fingerprint density at radius 1 is 0.929 bits per heavy atom. The molecule has 0 aliphatic carbocycles. The summed E-state index contributed by atoms with van der Waals surface area (Å²) in [5.74, 6) is 1.21. The van der Waals surface area contributed by atoms with Crippen LogP contribution in [0.15, 0.2) is 71.3 Å². The average Bonchev–Trinajstić information content (AvgIpc) is 3.19. The molecule has 2 heterocycles. The molecule has 1 saturated heterocycles. The predicted octanol–water partition coefficient (Wildman–Crippen LogP) is 1.48. The Kier molecular flexibility index (Phi) is 5.95. The number of rotatable bonds is 6. The highest BCUT2D eigenvalue weighted by Gasteiger charge is 2.23. The summed E-state index contributed by atoms with van der Waals surface area (Å²) in [6, 6.07) is 16.8. The Morgan fingerprint density at radius 2 is 1.64 bits per heavy atom. The van der Waals surface area contributed by atoms with Gasteiger partial charge in [0.05, 0.1) is 12.7 Å². The molecule has 1 fully saturated rings. The van der Waals surface area contributed by atoms with Gasteiger partial charge in [-0.1, -0.05) is 36.4 Å². The summed E-state index contributed by atoms with van der Waals surface area (Å²) in [4.78, 5) is 7.54. The molecule has 0 amide bonds. The number of oxazole rings is 1. The molecule has 0 saturated carbocycles. The highest BCUT2D eigenvalue weighted by Crippen LogP contribution is 2.20. The first-order valence-electron chi connectivity index (χ1n) is 9.85. The highest BCUT2D eigenvalue weighted by molar-refractivity contribution is 5.55. The zero-order chi connectivity index (χ0) is 19.2. The van der Waals surface area contributed by atoms with Gasteiger partial charge in [0.1, 0.15) is 32.0 Å². The van der Waals surface area contributed by atoms with Crippen LogP contribution in [0.5, 0.6) is 0 Å². The van der Waals surface area contributed by atoms with Crippen molar-refractivity contribution in [3.63, 3.8) is 0 Å². The molecule has 1 aliphatic heterocycles. The predicted molar refractivity (Wildman–Crippen MR) is 107 cm³/mol. The second kappa shape index (κ2) is 8.95. The lowest BCUT2D eigenvalue weighted by Gasteiger charge is -2.28. The third kappa shape index (κ3) is 4.94. The van der Waals surface area contributed by atoms with E-state index < -0.39 is 0 Å². The molecule has 0 atom stereocenters. The largest absolute Gasteiger partial charge is 0.435 e. The Labute approximate surface area is 164 Å². The van der Waals surface area contributed by atoms with E-state index in [9.17, 15) is 4.39 Å². The summed E-state index contributed by atoms with van der Waals surface area (Å²) >= 11 is 0. The van der Waals surface area contributed by atoms with Gasteiger partial charge in [-0.05, 0) is 35.9 Å². The van der Waals surface area contributed by atoms with Gasteiger partial charge in [0.25, 0.3) is 5.89 Å². The minimum Gasteiger partial charge on any atom is -0.435 e. The highest BCUT2D eigenvalue weighted by atomic mass is 19.1. The third-order valence-electron chi connectivity index (χ3n) is 5.26. The van der Waals surface area contributed by atoms with Crippen molar-refractivity contribution < 1.29 is 18.6 Å². The van der Waals surface area contributed by atoms with E-state index in [1.165, 1.54) is 22.6 Å². The maximum absolute atomic E-state index is 13.1.